The van der Waals surface area contributed by atoms with E-state index >= 15 is 0 Å². The fraction of sp³-hybridized carbons (Fsp3) is 0.538. The number of aliphatic carboxylic acids is 1. The molecule has 2 heterocycles. The van der Waals surface area contributed by atoms with Crippen molar-refractivity contribution in [2.75, 3.05) is 19.7 Å². The Morgan fingerprint density at radius 1 is 1.42 bits per heavy atom. The molecule has 0 saturated carbocycles. The van der Waals surface area contributed by atoms with E-state index in [1.54, 1.807) is 13.0 Å². The molecule has 0 spiro atoms. The van der Waals surface area contributed by atoms with Crippen molar-refractivity contribution >= 4 is 23.2 Å². The van der Waals surface area contributed by atoms with Gasteiger partial charge >= 0.3 is 5.97 Å². The van der Waals surface area contributed by atoms with Gasteiger partial charge in [0, 0.05) is 11.5 Å². The number of hydrogen-bond acceptors (Lipinski definition) is 4. The third-order valence-electron chi connectivity index (χ3n) is 3.21. The van der Waals surface area contributed by atoms with Gasteiger partial charge in [-0.05, 0) is 25.5 Å². The number of nitrogens with zero attached hydrogens (tertiary/aromatic N) is 1. The Morgan fingerprint density at radius 2 is 2.11 bits per heavy atom. The van der Waals surface area contributed by atoms with Crippen LogP contribution < -0.4 is 0 Å². The Kier molecular flexibility index (Phi) is 3.91. The van der Waals surface area contributed by atoms with Gasteiger partial charge in [0.25, 0.3) is 5.91 Å². The Hall–Kier alpha value is -1.40. The quantitative estimate of drug-likeness (QED) is 0.892. The van der Waals surface area contributed by atoms with Crippen LogP contribution in [0, 0.1) is 0 Å². The van der Waals surface area contributed by atoms with E-state index in [9.17, 15) is 9.59 Å². The molecule has 1 aliphatic rings. The molecular formula is C13H17NO4S. The molecule has 0 atom stereocenters. The molecule has 1 amide bonds. The van der Waals surface area contributed by atoms with Crippen LogP contribution in [0.4, 0.5) is 0 Å². The van der Waals surface area contributed by atoms with E-state index < -0.39 is 11.6 Å². The summed E-state index contributed by atoms with van der Waals surface area (Å²) in [6.45, 7) is 4.35. The summed E-state index contributed by atoms with van der Waals surface area (Å²) in [4.78, 5) is 26.7. The summed E-state index contributed by atoms with van der Waals surface area (Å²) >= 11 is 1.46. The molecule has 2 rings (SSSR count). The first kappa shape index (κ1) is 14.0. The van der Waals surface area contributed by atoms with Gasteiger partial charge in [-0.3, -0.25) is 4.79 Å². The lowest BCUT2D eigenvalue weighted by Crippen LogP contribution is -2.68. The summed E-state index contributed by atoms with van der Waals surface area (Å²) in [7, 11) is 0. The molecule has 1 N–H and O–H groups in total. The zero-order valence-electron chi connectivity index (χ0n) is 11.0. The summed E-state index contributed by atoms with van der Waals surface area (Å²) in [5.74, 6) is -1.11. The van der Waals surface area contributed by atoms with Crippen molar-refractivity contribution in [3.8, 4) is 0 Å². The van der Waals surface area contributed by atoms with Crippen LogP contribution in [0.15, 0.2) is 12.1 Å². The predicted molar refractivity (Wildman–Crippen MR) is 71.6 cm³/mol. The van der Waals surface area contributed by atoms with E-state index in [4.69, 9.17) is 9.84 Å². The molecule has 19 heavy (non-hydrogen) atoms. The lowest BCUT2D eigenvalue weighted by atomic mass is 9.93. The molecular weight excluding hydrogens is 266 g/mol. The molecule has 1 aromatic rings. The standard InChI is InChI=1S/C13H17NO4S/c1-3-9-5-6-10(19-9)11(15)14-7-13(8-14,12(16)17)18-4-2/h5-6H,3-4,7-8H2,1-2H3,(H,16,17). The maximum absolute atomic E-state index is 12.2. The maximum atomic E-state index is 12.2. The third kappa shape index (κ3) is 2.50. The maximum Gasteiger partial charge on any atom is 0.339 e. The summed E-state index contributed by atoms with van der Waals surface area (Å²) in [6.07, 6.45) is 0.899. The van der Waals surface area contributed by atoms with Crippen LogP contribution in [0.3, 0.4) is 0 Å². The van der Waals surface area contributed by atoms with Crippen molar-refractivity contribution < 1.29 is 19.4 Å². The first-order valence-electron chi connectivity index (χ1n) is 6.27. The lowest BCUT2D eigenvalue weighted by molar-refractivity contribution is -0.184. The van der Waals surface area contributed by atoms with Crippen LogP contribution in [0.2, 0.25) is 0 Å². The van der Waals surface area contributed by atoms with E-state index in [0.29, 0.717) is 11.5 Å². The van der Waals surface area contributed by atoms with E-state index in [0.717, 1.165) is 11.3 Å². The number of carbonyl (C=O) groups excluding carboxylic acids is 1. The highest BCUT2D eigenvalue weighted by Crippen LogP contribution is 2.29. The van der Waals surface area contributed by atoms with E-state index in [-0.39, 0.29) is 19.0 Å². The van der Waals surface area contributed by atoms with Gasteiger partial charge in [-0.1, -0.05) is 6.92 Å². The predicted octanol–water partition coefficient (Wildman–Crippen LogP) is 1.63. The van der Waals surface area contributed by atoms with Crippen LogP contribution in [0.25, 0.3) is 0 Å². The number of carboxylic acids is 1. The van der Waals surface area contributed by atoms with Gasteiger partial charge in [0.15, 0.2) is 5.60 Å². The van der Waals surface area contributed by atoms with Crippen molar-refractivity contribution in [1.29, 1.82) is 0 Å². The van der Waals surface area contributed by atoms with Gasteiger partial charge in [0.1, 0.15) is 0 Å². The number of thiophene rings is 1. The minimum absolute atomic E-state index is 0.110. The largest absolute Gasteiger partial charge is 0.479 e. The molecule has 0 aromatic carbocycles. The van der Waals surface area contributed by atoms with Crippen LogP contribution >= 0.6 is 11.3 Å². The van der Waals surface area contributed by atoms with Crippen molar-refractivity contribution in [2.45, 2.75) is 25.9 Å². The number of rotatable bonds is 5. The van der Waals surface area contributed by atoms with Crippen LogP contribution in [0.5, 0.6) is 0 Å². The summed E-state index contributed by atoms with van der Waals surface area (Å²) < 4.78 is 5.28. The second-order valence-electron chi connectivity index (χ2n) is 4.51. The second-order valence-corrected chi connectivity index (χ2v) is 5.68. The van der Waals surface area contributed by atoms with Crippen molar-refractivity contribution in [3.63, 3.8) is 0 Å². The second kappa shape index (κ2) is 5.30. The minimum Gasteiger partial charge on any atom is -0.479 e. The molecule has 0 aliphatic carbocycles. The first-order chi connectivity index (χ1) is 9.02. The topological polar surface area (TPSA) is 66.8 Å². The number of likely N-dealkylation sites (tertiary alicyclic amines) is 1. The number of hydrogen-bond donors (Lipinski definition) is 1. The molecule has 104 valence electrons. The number of aryl methyl sites for hydroxylation is 1. The van der Waals surface area contributed by atoms with Gasteiger partial charge in [-0.25, -0.2) is 4.79 Å². The molecule has 1 aliphatic heterocycles. The normalized spacial score (nSPS) is 17.1. The fourth-order valence-corrected chi connectivity index (χ4v) is 3.03. The molecule has 0 bridgehead atoms. The number of amides is 1. The van der Waals surface area contributed by atoms with Crippen LogP contribution in [-0.2, 0) is 16.0 Å². The van der Waals surface area contributed by atoms with Crippen molar-refractivity contribution in [1.82, 2.24) is 4.90 Å². The van der Waals surface area contributed by atoms with Gasteiger partial charge < -0.3 is 14.7 Å². The van der Waals surface area contributed by atoms with E-state index in [1.165, 1.54) is 16.2 Å². The van der Waals surface area contributed by atoms with Gasteiger partial charge in [-0.2, -0.15) is 0 Å². The smallest absolute Gasteiger partial charge is 0.339 e. The zero-order chi connectivity index (χ0) is 14.0. The molecule has 1 aromatic heterocycles. The molecule has 5 nitrogen and oxygen atoms in total. The monoisotopic (exact) mass is 283 g/mol. The molecule has 1 fully saturated rings. The highest BCUT2D eigenvalue weighted by molar-refractivity contribution is 7.14. The summed E-state index contributed by atoms with van der Waals surface area (Å²) in [5.41, 5.74) is -1.21. The van der Waals surface area contributed by atoms with E-state index in [1.807, 2.05) is 13.0 Å². The van der Waals surface area contributed by atoms with Crippen LogP contribution in [-0.4, -0.2) is 47.2 Å². The SMILES string of the molecule is CCOC1(C(=O)O)CN(C(=O)c2ccc(CC)s2)C1. The highest BCUT2D eigenvalue weighted by Gasteiger charge is 2.52. The molecule has 1 saturated heterocycles. The Labute approximate surface area is 115 Å². The first-order valence-corrected chi connectivity index (χ1v) is 7.09. The minimum atomic E-state index is -1.21. The highest BCUT2D eigenvalue weighted by atomic mass is 32.1. The average Bonchev–Trinajstić information content (AvgIpc) is 2.80. The number of carbonyl (C=O) groups is 2. The molecule has 6 heteroatoms. The van der Waals surface area contributed by atoms with Gasteiger partial charge in [0.2, 0.25) is 0 Å². The number of ether oxygens (including phenoxy) is 1. The van der Waals surface area contributed by atoms with Gasteiger partial charge in [0.05, 0.1) is 18.0 Å². The zero-order valence-corrected chi connectivity index (χ0v) is 11.8. The van der Waals surface area contributed by atoms with Crippen molar-refractivity contribution in [2.24, 2.45) is 0 Å². The molecule has 0 unspecified atom stereocenters. The Morgan fingerprint density at radius 3 is 2.58 bits per heavy atom. The van der Waals surface area contributed by atoms with Crippen LogP contribution in [0.1, 0.15) is 28.4 Å². The summed E-state index contributed by atoms with van der Waals surface area (Å²) in [5, 5.41) is 9.17. The Bertz CT molecular complexity index is 491. The van der Waals surface area contributed by atoms with Gasteiger partial charge in [-0.15, -0.1) is 11.3 Å². The summed E-state index contributed by atoms with van der Waals surface area (Å²) in [6, 6.07) is 3.73. The lowest BCUT2D eigenvalue weighted by Gasteiger charge is -2.46. The average molecular weight is 283 g/mol. The fourth-order valence-electron chi connectivity index (χ4n) is 2.12. The Balaban J connectivity index is 2.02. The van der Waals surface area contributed by atoms with Crippen molar-refractivity contribution in [3.05, 3.63) is 21.9 Å². The number of carboxylic acid groups (broad SMARTS) is 1. The van der Waals surface area contributed by atoms with E-state index in [2.05, 4.69) is 0 Å². The molecule has 0 radical (unpaired) electrons. The third-order valence-corrected chi connectivity index (χ3v) is 4.43.